The first-order valence-electron chi connectivity index (χ1n) is 13.5. The van der Waals surface area contributed by atoms with Gasteiger partial charge in [-0.1, -0.05) is 46.0 Å². The molecule has 2 N–H and O–H groups in total. The molecule has 2 saturated heterocycles. The highest BCUT2D eigenvalue weighted by Crippen LogP contribution is 2.37. The predicted octanol–water partition coefficient (Wildman–Crippen LogP) is 2.72. The molecule has 2 aliphatic heterocycles. The minimum Gasteiger partial charge on any atom is -0.378 e. The number of morpholine rings is 1. The Kier molecular flexibility index (Phi) is 8.23. The van der Waals surface area contributed by atoms with E-state index in [1.54, 1.807) is 11.0 Å². The molecule has 36 heavy (non-hydrogen) atoms. The van der Waals surface area contributed by atoms with Crippen molar-refractivity contribution in [2.75, 3.05) is 39.4 Å². The van der Waals surface area contributed by atoms with Crippen molar-refractivity contribution in [3.05, 3.63) is 11.8 Å². The lowest BCUT2D eigenvalue weighted by Gasteiger charge is -2.35. The Labute approximate surface area is 214 Å². The first kappa shape index (κ1) is 26.5. The molecule has 3 fully saturated rings. The quantitative estimate of drug-likeness (QED) is 0.581. The minimum atomic E-state index is -1.04. The molecular formula is C27H41N5O4. The lowest BCUT2D eigenvalue weighted by molar-refractivity contribution is -0.125. The number of hydrogen-bond acceptors (Lipinski definition) is 6. The molecule has 4 aliphatic rings. The van der Waals surface area contributed by atoms with E-state index in [-0.39, 0.29) is 23.1 Å². The van der Waals surface area contributed by atoms with Gasteiger partial charge in [-0.05, 0) is 24.2 Å². The fourth-order valence-corrected chi connectivity index (χ4v) is 6.11. The zero-order valence-electron chi connectivity index (χ0n) is 21.8. The molecule has 0 aromatic carbocycles. The second-order valence-electron chi connectivity index (χ2n) is 11.8. The number of ketones is 1. The molecule has 0 radical (unpaired) electrons. The van der Waals surface area contributed by atoms with Gasteiger partial charge in [0.15, 0.2) is 5.78 Å². The van der Waals surface area contributed by atoms with Gasteiger partial charge in [-0.25, -0.2) is 4.79 Å². The standard InChI is InChI=1S/C27H41N5O4/c1-26(2)16-21(15-22(33)17-26)32-9-8-27(18-28,19-32)30-24(34)23(14-20-6-4-3-5-7-20)29-25(35)31-10-12-36-13-11-31/h15,20,23H,3-14,16-17,19H2,1-2H3,(H,29,35)(H,30,34)/t23-,27?/m0/s1. The third-order valence-electron chi connectivity index (χ3n) is 8.10. The molecular weight excluding hydrogens is 458 g/mol. The molecule has 4 rings (SSSR count). The second kappa shape index (κ2) is 11.2. The number of likely N-dealkylation sites (tertiary alicyclic amines) is 1. The molecule has 9 heteroatoms. The summed E-state index contributed by atoms with van der Waals surface area (Å²) in [6.07, 6.45) is 9.71. The van der Waals surface area contributed by atoms with E-state index in [9.17, 15) is 19.6 Å². The van der Waals surface area contributed by atoms with Gasteiger partial charge in [-0.2, -0.15) is 5.26 Å². The number of amides is 3. The lowest BCUT2D eigenvalue weighted by Crippen LogP contribution is -2.58. The van der Waals surface area contributed by atoms with Gasteiger partial charge in [0.1, 0.15) is 11.6 Å². The Balaban J connectivity index is 1.44. The molecule has 1 saturated carbocycles. The van der Waals surface area contributed by atoms with Crippen LogP contribution in [0.25, 0.3) is 0 Å². The highest BCUT2D eigenvalue weighted by molar-refractivity contribution is 5.91. The van der Waals surface area contributed by atoms with Crippen LogP contribution in [0.2, 0.25) is 0 Å². The van der Waals surface area contributed by atoms with Crippen molar-refractivity contribution in [1.82, 2.24) is 20.4 Å². The van der Waals surface area contributed by atoms with E-state index >= 15 is 0 Å². The fraction of sp³-hybridized carbons (Fsp3) is 0.778. The fourth-order valence-electron chi connectivity index (χ4n) is 6.11. The zero-order valence-corrected chi connectivity index (χ0v) is 21.8. The normalized spacial score (nSPS) is 27.7. The first-order valence-corrected chi connectivity index (χ1v) is 13.5. The number of rotatable bonds is 6. The highest BCUT2D eigenvalue weighted by Gasteiger charge is 2.43. The number of hydrogen-bond donors (Lipinski definition) is 2. The van der Waals surface area contributed by atoms with Crippen LogP contribution in [0.1, 0.15) is 71.6 Å². The van der Waals surface area contributed by atoms with Crippen LogP contribution in [0.3, 0.4) is 0 Å². The Hall–Kier alpha value is -2.60. The van der Waals surface area contributed by atoms with E-state index in [2.05, 4.69) is 35.5 Å². The minimum absolute atomic E-state index is 0.109. The van der Waals surface area contributed by atoms with Gasteiger partial charge in [0.2, 0.25) is 5.91 Å². The van der Waals surface area contributed by atoms with Crippen LogP contribution in [0.4, 0.5) is 4.79 Å². The van der Waals surface area contributed by atoms with Crippen molar-refractivity contribution in [3.63, 3.8) is 0 Å². The highest BCUT2D eigenvalue weighted by atomic mass is 16.5. The van der Waals surface area contributed by atoms with Crippen LogP contribution < -0.4 is 10.6 Å². The number of nitrogens with one attached hydrogen (secondary N) is 2. The average molecular weight is 500 g/mol. The third kappa shape index (κ3) is 6.58. The van der Waals surface area contributed by atoms with Crippen molar-refractivity contribution in [1.29, 1.82) is 5.26 Å². The number of carbonyl (C=O) groups is 3. The largest absolute Gasteiger partial charge is 0.378 e. The maximum absolute atomic E-state index is 13.6. The van der Waals surface area contributed by atoms with E-state index in [0.717, 1.165) is 37.8 Å². The molecule has 0 spiro atoms. The van der Waals surface area contributed by atoms with Gasteiger partial charge in [0, 0.05) is 44.2 Å². The summed E-state index contributed by atoms with van der Waals surface area (Å²) in [4.78, 5) is 42.6. The van der Waals surface area contributed by atoms with Gasteiger partial charge in [0.05, 0.1) is 25.8 Å². The maximum atomic E-state index is 13.6. The molecule has 198 valence electrons. The zero-order chi connectivity index (χ0) is 25.8. The van der Waals surface area contributed by atoms with E-state index in [4.69, 9.17) is 4.74 Å². The number of nitriles is 1. The van der Waals surface area contributed by atoms with Gasteiger partial charge in [-0.3, -0.25) is 9.59 Å². The van der Waals surface area contributed by atoms with Crippen LogP contribution in [0, 0.1) is 22.7 Å². The maximum Gasteiger partial charge on any atom is 0.318 e. The Bertz CT molecular complexity index is 914. The third-order valence-corrected chi connectivity index (χ3v) is 8.10. The molecule has 2 heterocycles. The predicted molar refractivity (Wildman–Crippen MR) is 135 cm³/mol. The van der Waals surface area contributed by atoms with Gasteiger partial charge in [0.25, 0.3) is 0 Å². The smallest absolute Gasteiger partial charge is 0.318 e. The molecule has 1 unspecified atom stereocenters. The van der Waals surface area contributed by atoms with Crippen LogP contribution in [-0.2, 0) is 14.3 Å². The lowest BCUT2D eigenvalue weighted by atomic mass is 9.78. The topological polar surface area (TPSA) is 115 Å². The van der Waals surface area contributed by atoms with E-state index in [1.807, 2.05) is 0 Å². The summed E-state index contributed by atoms with van der Waals surface area (Å²) in [6.45, 7) is 7.12. The SMILES string of the molecule is CC1(C)CC(=O)C=C(N2CCC(C#N)(NC(=O)[C@H](CC3CCCCC3)NC(=O)N3CCOCC3)C2)C1. The second-order valence-corrected chi connectivity index (χ2v) is 11.8. The summed E-state index contributed by atoms with van der Waals surface area (Å²) in [7, 11) is 0. The molecule has 0 aromatic rings. The monoisotopic (exact) mass is 499 g/mol. The number of nitrogens with zero attached hydrogens (tertiary/aromatic N) is 3. The molecule has 2 aliphatic carbocycles. The van der Waals surface area contributed by atoms with Crippen molar-refractivity contribution in [2.24, 2.45) is 11.3 Å². The number of ether oxygens (including phenoxy) is 1. The summed E-state index contributed by atoms with van der Waals surface area (Å²) in [5, 5.41) is 16.1. The summed E-state index contributed by atoms with van der Waals surface area (Å²) in [6, 6.07) is 1.43. The summed E-state index contributed by atoms with van der Waals surface area (Å²) >= 11 is 0. The van der Waals surface area contributed by atoms with E-state index < -0.39 is 11.6 Å². The molecule has 0 aromatic heterocycles. The first-order chi connectivity index (χ1) is 17.2. The van der Waals surface area contributed by atoms with E-state index in [1.165, 1.54) is 6.42 Å². The number of carbonyl (C=O) groups excluding carboxylic acids is 3. The van der Waals surface area contributed by atoms with Gasteiger partial charge >= 0.3 is 6.03 Å². The van der Waals surface area contributed by atoms with Crippen LogP contribution in [-0.4, -0.2) is 78.5 Å². The Morgan fingerprint density at radius 3 is 2.56 bits per heavy atom. The van der Waals surface area contributed by atoms with Crippen molar-refractivity contribution in [3.8, 4) is 6.07 Å². The molecule has 2 atom stereocenters. The van der Waals surface area contributed by atoms with Crippen LogP contribution in [0.5, 0.6) is 0 Å². The van der Waals surface area contributed by atoms with Gasteiger partial charge in [-0.15, -0.1) is 0 Å². The molecule has 9 nitrogen and oxygen atoms in total. The van der Waals surface area contributed by atoms with Crippen LogP contribution in [0.15, 0.2) is 11.8 Å². The summed E-state index contributed by atoms with van der Waals surface area (Å²) in [5.74, 6) is 0.205. The average Bonchev–Trinajstić information content (AvgIpc) is 3.28. The van der Waals surface area contributed by atoms with Crippen molar-refractivity contribution < 1.29 is 19.1 Å². The van der Waals surface area contributed by atoms with Crippen molar-refractivity contribution in [2.45, 2.75) is 83.2 Å². The van der Waals surface area contributed by atoms with E-state index in [0.29, 0.717) is 64.6 Å². The van der Waals surface area contributed by atoms with Crippen LogP contribution >= 0.6 is 0 Å². The Morgan fingerprint density at radius 2 is 1.89 bits per heavy atom. The molecule has 0 bridgehead atoms. The summed E-state index contributed by atoms with van der Waals surface area (Å²) < 4.78 is 5.35. The number of allylic oxidation sites excluding steroid dienone is 2. The number of urea groups is 1. The summed E-state index contributed by atoms with van der Waals surface area (Å²) in [5.41, 5.74) is -0.212. The molecule has 3 amide bonds. The van der Waals surface area contributed by atoms with Crippen molar-refractivity contribution >= 4 is 17.7 Å². The Morgan fingerprint density at radius 1 is 1.17 bits per heavy atom. The van der Waals surface area contributed by atoms with Gasteiger partial charge < -0.3 is 25.2 Å².